The highest BCUT2D eigenvalue weighted by Gasteiger charge is 2.28. The highest BCUT2D eigenvalue weighted by molar-refractivity contribution is 7.47. The molecule has 0 saturated carbocycles. The fourth-order valence-electron chi connectivity index (χ4n) is 5.69. The number of carbonyl (C=O) groups is 3. The van der Waals surface area contributed by atoms with Gasteiger partial charge in [0, 0.05) is 12.8 Å². The zero-order valence-electron chi connectivity index (χ0n) is 36.1. The SMILES string of the molecule is CCCCC/C=C/C/C=C/C/C=C/CCCCC(=O)O[C@H](COC(=O)CCCCCCCCCCC/C=C/C/C=C/CCCCC)COP(=O)(O)OC[C@H](N)C(=O)O. The third kappa shape index (κ3) is 40.0. The van der Waals surface area contributed by atoms with Gasteiger partial charge in [-0.2, -0.15) is 0 Å². The van der Waals surface area contributed by atoms with Gasteiger partial charge in [-0.05, 0) is 83.5 Å². The molecule has 12 heteroatoms. The Labute approximate surface area is 351 Å². The number of ether oxygens (including phenoxy) is 2. The average Bonchev–Trinajstić information content (AvgIpc) is 3.20. The van der Waals surface area contributed by atoms with E-state index in [9.17, 15) is 23.8 Å². The molecule has 3 atom stereocenters. The van der Waals surface area contributed by atoms with Crippen LogP contribution in [0.5, 0.6) is 0 Å². The second-order valence-electron chi connectivity index (χ2n) is 14.8. The van der Waals surface area contributed by atoms with Crippen molar-refractivity contribution in [2.45, 2.75) is 193 Å². The Bertz CT molecular complexity index is 1210. The Kier molecular flexibility index (Phi) is 38.9. The lowest BCUT2D eigenvalue weighted by molar-refractivity contribution is -0.161. The van der Waals surface area contributed by atoms with Crippen LogP contribution < -0.4 is 5.73 Å². The van der Waals surface area contributed by atoms with Crippen molar-refractivity contribution in [1.29, 1.82) is 0 Å². The number of phosphoric ester groups is 1. The minimum atomic E-state index is -4.73. The van der Waals surface area contributed by atoms with E-state index in [1.54, 1.807) is 0 Å². The predicted octanol–water partition coefficient (Wildman–Crippen LogP) is 12.0. The number of carbonyl (C=O) groups excluding carboxylic acids is 2. The van der Waals surface area contributed by atoms with Crippen LogP contribution in [0.25, 0.3) is 0 Å². The third-order valence-corrected chi connectivity index (χ3v) is 10.2. The Hall–Kier alpha value is -2.82. The van der Waals surface area contributed by atoms with Gasteiger partial charge < -0.3 is 25.2 Å². The van der Waals surface area contributed by atoms with E-state index in [0.29, 0.717) is 12.8 Å². The molecule has 0 radical (unpaired) electrons. The van der Waals surface area contributed by atoms with Crippen LogP contribution in [0, 0.1) is 0 Å². The quantitative estimate of drug-likeness (QED) is 0.0231. The molecule has 0 heterocycles. The summed E-state index contributed by atoms with van der Waals surface area (Å²) in [7, 11) is -4.73. The molecule has 0 aromatic heterocycles. The number of phosphoric acid groups is 1. The number of hydrogen-bond acceptors (Lipinski definition) is 9. The van der Waals surface area contributed by atoms with Gasteiger partial charge in [0.1, 0.15) is 12.6 Å². The number of aliphatic carboxylic acids is 1. The summed E-state index contributed by atoms with van der Waals surface area (Å²) in [5, 5.41) is 8.89. The summed E-state index contributed by atoms with van der Waals surface area (Å²) in [4.78, 5) is 46.0. The van der Waals surface area contributed by atoms with Crippen LogP contribution in [0.15, 0.2) is 60.8 Å². The number of esters is 2. The molecule has 58 heavy (non-hydrogen) atoms. The number of carboxylic acid groups (broad SMARTS) is 1. The minimum absolute atomic E-state index is 0.109. The van der Waals surface area contributed by atoms with Crippen LogP contribution in [0.4, 0.5) is 0 Å². The van der Waals surface area contributed by atoms with E-state index < -0.39 is 51.1 Å². The van der Waals surface area contributed by atoms with Crippen molar-refractivity contribution in [3.63, 3.8) is 0 Å². The first-order chi connectivity index (χ1) is 28.1. The topological polar surface area (TPSA) is 172 Å². The maximum atomic E-state index is 12.6. The summed E-state index contributed by atoms with van der Waals surface area (Å²) in [6.07, 6.45) is 47.1. The summed E-state index contributed by atoms with van der Waals surface area (Å²) < 4.78 is 32.7. The highest BCUT2D eigenvalue weighted by atomic mass is 31.2. The maximum absolute atomic E-state index is 12.6. The minimum Gasteiger partial charge on any atom is -0.480 e. The second-order valence-corrected chi connectivity index (χ2v) is 16.3. The number of unbranched alkanes of at least 4 members (excludes halogenated alkanes) is 17. The van der Waals surface area contributed by atoms with Gasteiger partial charge in [-0.1, -0.05) is 145 Å². The Balaban J connectivity index is 4.40. The summed E-state index contributed by atoms with van der Waals surface area (Å²) >= 11 is 0. The number of rotatable bonds is 41. The lowest BCUT2D eigenvalue weighted by atomic mass is 10.1. The molecule has 0 amide bonds. The van der Waals surface area contributed by atoms with E-state index in [1.807, 2.05) is 0 Å². The largest absolute Gasteiger partial charge is 0.480 e. The Morgan fingerprint density at radius 3 is 1.40 bits per heavy atom. The lowest BCUT2D eigenvalue weighted by Crippen LogP contribution is -2.34. The smallest absolute Gasteiger partial charge is 0.472 e. The van der Waals surface area contributed by atoms with Crippen LogP contribution >= 0.6 is 7.82 Å². The number of nitrogens with two attached hydrogens (primary N) is 1. The highest BCUT2D eigenvalue weighted by Crippen LogP contribution is 2.43. The van der Waals surface area contributed by atoms with Crippen molar-refractivity contribution in [1.82, 2.24) is 0 Å². The molecule has 0 fully saturated rings. The van der Waals surface area contributed by atoms with Crippen LogP contribution in [-0.4, -0.2) is 59.9 Å². The summed E-state index contributed by atoms with van der Waals surface area (Å²) in [6.45, 7) is 2.70. The third-order valence-electron chi connectivity index (χ3n) is 9.24. The van der Waals surface area contributed by atoms with E-state index in [0.717, 1.165) is 64.2 Å². The number of hydrogen-bond donors (Lipinski definition) is 3. The molecule has 0 rings (SSSR count). The average molecular weight is 838 g/mol. The molecule has 0 aliphatic heterocycles. The number of allylic oxidation sites excluding steroid dienone is 10. The van der Waals surface area contributed by atoms with Gasteiger partial charge in [0.25, 0.3) is 0 Å². The Morgan fingerprint density at radius 1 is 0.534 bits per heavy atom. The molecule has 0 aliphatic carbocycles. The molecule has 0 spiro atoms. The molecule has 1 unspecified atom stereocenters. The fourth-order valence-corrected chi connectivity index (χ4v) is 6.47. The van der Waals surface area contributed by atoms with E-state index in [2.05, 4.69) is 79.1 Å². The van der Waals surface area contributed by atoms with Gasteiger partial charge >= 0.3 is 25.7 Å². The van der Waals surface area contributed by atoms with Crippen LogP contribution in [0.3, 0.4) is 0 Å². The van der Waals surface area contributed by atoms with Gasteiger partial charge in [0.15, 0.2) is 6.10 Å². The van der Waals surface area contributed by atoms with Gasteiger partial charge in [-0.15, -0.1) is 0 Å². The summed E-state index contributed by atoms with van der Waals surface area (Å²) in [6, 6.07) is -1.53. The van der Waals surface area contributed by atoms with Gasteiger partial charge in [0.2, 0.25) is 0 Å². The maximum Gasteiger partial charge on any atom is 0.472 e. The first kappa shape index (κ1) is 55.2. The fraction of sp³-hybridized carbons (Fsp3) is 0.717. The molecular weight excluding hydrogens is 757 g/mol. The molecule has 0 bridgehead atoms. The lowest BCUT2D eigenvalue weighted by Gasteiger charge is -2.20. The monoisotopic (exact) mass is 838 g/mol. The molecule has 4 N–H and O–H groups in total. The van der Waals surface area contributed by atoms with Crippen molar-refractivity contribution in [2.75, 3.05) is 19.8 Å². The van der Waals surface area contributed by atoms with Crippen molar-refractivity contribution >= 4 is 25.7 Å². The Morgan fingerprint density at radius 2 is 0.914 bits per heavy atom. The molecule has 0 aromatic carbocycles. The van der Waals surface area contributed by atoms with Crippen LogP contribution in [-0.2, 0) is 37.5 Å². The zero-order valence-corrected chi connectivity index (χ0v) is 37.0. The van der Waals surface area contributed by atoms with Crippen molar-refractivity contribution in [3.05, 3.63) is 60.8 Å². The molecular formula is C46H80NO10P. The van der Waals surface area contributed by atoms with Crippen LogP contribution in [0.1, 0.15) is 181 Å². The van der Waals surface area contributed by atoms with Gasteiger partial charge in [-0.3, -0.25) is 23.4 Å². The molecule has 0 aliphatic rings. The standard InChI is InChI=1S/C46H80NO10P/c1-3-5-7-9-11-13-15-17-19-20-21-22-24-25-27-29-31-33-35-37-44(48)54-39-42(40-55-58(52,53)56-41-43(47)46(50)51)57-45(49)38-36-34-32-30-28-26-23-18-16-14-12-10-8-6-4-2/h11-14,17-19,23,28,30,42-43H,3-10,15-16,20-22,24-27,29,31-41,47H2,1-2H3,(H,50,51)(H,52,53)/b13-11+,14-12+,19-17+,23-18+,30-28+/t42-,43+/m1/s1. The molecule has 0 saturated heterocycles. The first-order valence-electron chi connectivity index (χ1n) is 22.3. The van der Waals surface area contributed by atoms with E-state index in [1.165, 1.54) is 77.0 Å². The van der Waals surface area contributed by atoms with Crippen molar-refractivity contribution in [2.24, 2.45) is 5.73 Å². The zero-order chi connectivity index (χ0) is 42.8. The second kappa shape index (κ2) is 40.9. The van der Waals surface area contributed by atoms with E-state index in [4.69, 9.17) is 24.8 Å². The molecule has 334 valence electrons. The van der Waals surface area contributed by atoms with E-state index in [-0.39, 0.29) is 19.4 Å². The van der Waals surface area contributed by atoms with Crippen LogP contribution in [0.2, 0.25) is 0 Å². The summed E-state index contributed by atoms with van der Waals surface area (Å²) in [5.41, 5.74) is 5.33. The summed E-state index contributed by atoms with van der Waals surface area (Å²) in [5.74, 6) is -2.44. The van der Waals surface area contributed by atoms with E-state index >= 15 is 0 Å². The molecule has 0 aromatic rings. The normalized spacial score (nSPS) is 14.3. The number of carboxylic acids is 1. The van der Waals surface area contributed by atoms with Crippen molar-refractivity contribution in [3.8, 4) is 0 Å². The first-order valence-corrected chi connectivity index (χ1v) is 23.8. The predicted molar refractivity (Wildman–Crippen MR) is 235 cm³/mol. The van der Waals surface area contributed by atoms with Gasteiger partial charge in [-0.25, -0.2) is 4.57 Å². The van der Waals surface area contributed by atoms with Gasteiger partial charge in [0.05, 0.1) is 13.2 Å². The molecule has 11 nitrogen and oxygen atoms in total. The van der Waals surface area contributed by atoms with Crippen molar-refractivity contribution < 1.29 is 47.5 Å².